The Bertz CT molecular complexity index is 967. The zero-order valence-electron chi connectivity index (χ0n) is 16.9. The maximum absolute atomic E-state index is 12.8. The number of carbonyl (C=O) groups excluding carboxylic acids is 1. The first-order valence-corrected chi connectivity index (χ1v) is 11.1. The van der Waals surface area contributed by atoms with Crippen LogP contribution in [0.4, 0.5) is 23.7 Å². The molecule has 2 aliphatic rings. The lowest BCUT2D eigenvalue weighted by atomic mass is 9.85. The van der Waals surface area contributed by atoms with Crippen LogP contribution in [-0.2, 0) is 11.0 Å². The van der Waals surface area contributed by atoms with Crippen LogP contribution in [0.5, 0.6) is 0 Å². The Balaban J connectivity index is 1.32. The Morgan fingerprint density at radius 3 is 2.32 bits per heavy atom. The van der Waals surface area contributed by atoms with Gasteiger partial charge in [-0.15, -0.1) is 11.8 Å². The highest BCUT2D eigenvalue weighted by molar-refractivity contribution is 7.98. The van der Waals surface area contributed by atoms with Crippen LogP contribution in [0.3, 0.4) is 0 Å². The number of piperidine rings is 1. The first-order valence-electron chi connectivity index (χ1n) is 9.91. The van der Waals surface area contributed by atoms with Crippen LogP contribution in [0.15, 0.2) is 58.6 Å². The van der Waals surface area contributed by atoms with Gasteiger partial charge in [-0.05, 0) is 48.2 Å². The SMILES string of the molecule is CSc1ccc(NC(=O)N2CCC3(CC2)CC(c2ccc(C(F)(F)F)cc2)=NO3)cc1. The predicted molar refractivity (Wildman–Crippen MR) is 114 cm³/mol. The first-order chi connectivity index (χ1) is 14.8. The first kappa shape index (κ1) is 21.5. The van der Waals surface area contributed by atoms with Crippen LogP contribution < -0.4 is 5.32 Å². The van der Waals surface area contributed by atoms with E-state index in [0.717, 1.165) is 22.7 Å². The number of benzene rings is 2. The summed E-state index contributed by atoms with van der Waals surface area (Å²) in [4.78, 5) is 21.2. The molecule has 2 aliphatic heterocycles. The topological polar surface area (TPSA) is 53.9 Å². The highest BCUT2D eigenvalue weighted by Gasteiger charge is 2.43. The van der Waals surface area contributed by atoms with E-state index in [0.29, 0.717) is 43.6 Å². The van der Waals surface area contributed by atoms with Crippen molar-refractivity contribution in [1.82, 2.24) is 4.90 Å². The number of halogens is 3. The Labute approximate surface area is 182 Å². The van der Waals surface area contributed by atoms with Crippen molar-refractivity contribution in [2.24, 2.45) is 5.16 Å². The van der Waals surface area contributed by atoms with Gasteiger partial charge in [0, 0.05) is 42.9 Å². The van der Waals surface area contributed by atoms with E-state index in [1.165, 1.54) is 12.1 Å². The van der Waals surface area contributed by atoms with Gasteiger partial charge in [-0.25, -0.2) is 4.79 Å². The summed E-state index contributed by atoms with van der Waals surface area (Å²) in [5, 5.41) is 7.05. The zero-order chi connectivity index (χ0) is 22.1. The van der Waals surface area contributed by atoms with Crippen molar-refractivity contribution in [3.63, 3.8) is 0 Å². The monoisotopic (exact) mass is 449 g/mol. The van der Waals surface area contributed by atoms with Crippen molar-refractivity contribution in [3.8, 4) is 0 Å². The molecule has 2 aromatic rings. The van der Waals surface area contributed by atoms with Gasteiger partial charge in [0.05, 0.1) is 11.3 Å². The summed E-state index contributed by atoms with van der Waals surface area (Å²) in [5.41, 5.74) is 0.815. The number of thioether (sulfide) groups is 1. The van der Waals surface area contributed by atoms with E-state index < -0.39 is 17.3 Å². The molecule has 9 heteroatoms. The maximum Gasteiger partial charge on any atom is 0.416 e. The van der Waals surface area contributed by atoms with Gasteiger partial charge in [0.15, 0.2) is 0 Å². The lowest BCUT2D eigenvalue weighted by Crippen LogP contribution is -2.48. The number of carbonyl (C=O) groups is 1. The number of urea groups is 1. The van der Waals surface area contributed by atoms with Crippen LogP contribution in [0.1, 0.15) is 30.4 Å². The molecule has 0 bridgehead atoms. The van der Waals surface area contributed by atoms with Gasteiger partial charge in [0.2, 0.25) is 0 Å². The van der Waals surface area contributed by atoms with Crippen LogP contribution in [0.2, 0.25) is 0 Å². The molecule has 164 valence electrons. The minimum atomic E-state index is -4.36. The molecular formula is C22H22F3N3O2S. The summed E-state index contributed by atoms with van der Waals surface area (Å²) in [6, 6.07) is 12.5. The van der Waals surface area contributed by atoms with Gasteiger partial charge in [-0.1, -0.05) is 17.3 Å². The molecule has 1 saturated heterocycles. The number of nitrogens with one attached hydrogen (secondary N) is 1. The third-order valence-corrected chi connectivity index (χ3v) is 6.43. The molecule has 2 aromatic carbocycles. The van der Waals surface area contributed by atoms with Gasteiger partial charge in [-0.2, -0.15) is 13.2 Å². The number of anilines is 1. The molecule has 0 radical (unpaired) electrons. The van der Waals surface area contributed by atoms with E-state index >= 15 is 0 Å². The number of hydrogen-bond acceptors (Lipinski definition) is 4. The maximum atomic E-state index is 12.8. The largest absolute Gasteiger partial charge is 0.416 e. The van der Waals surface area contributed by atoms with Crippen LogP contribution in [0.25, 0.3) is 0 Å². The average molecular weight is 449 g/mol. The molecule has 2 amide bonds. The molecule has 0 saturated carbocycles. The normalized spacial score (nSPS) is 17.9. The number of amides is 2. The molecule has 0 aliphatic carbocycles. The third-order valence-electron chi connectivity index (χ3n) is 5.69. The summed E-state index contributed by atoms with van der Waals surface area (Å²) in [5.74, 6) is 0. The molecule has 5 nitrogen and oxygen atoms in total. The van der Waals surface area contributed by atoms with Crippen molar-refractivity contribution in [1.29, 1.82) is 0 Å². The van der Waals surface area contributed by atoms with Gasteiger partial charge >= 0.3 is 12.2 Å². The van der Waals surface area contributed by atoms with Crippen LogP contribution in [-0.4, -0.2) is 41.6 Å². The number of hydrogen-bond donors (Lipinski definition) is 1. The van der Waals surface area contributed by atoms with Crippen LogP contribution in [0, 0.1) is 0 Å². The molecule has 4 rings (SSSR count). The van der Waals surface area contributed by atoms with Gasteiger partial charge in [0.1, 0.15) is 5.60 Å². The van der Waals surface area contributed by atoms with Crippen molar-refractivity contribution in [2.75, 3.05) is 24.7 Å². The standard InChI is InChI=1S/C22H22F3N3O2S/c1-31-18-8-6-17(7-9-18)26-20(29)28-12-10-21(11-13-28)14-19(27-30-21)15-2-4-16(5-3-15)22(23,24)25/h2-9H,10-14H2,1H3,(H,26,29). The highest BCUT2D eigenvalue weighted by Crippen LogP contribution is 2.37. The molecular weight excluding hydrogens is 427 g/mol. The van der Waals surface area contributed by atoms with Crippen molar-refractivity contribution in [2.45, 2.75) is 35.9 Å². The molecule has 1 fully saturated rings. The van der Waals surface area contributed by atoms with Gasteiger partial charge in [0.25, 0.3) is 0 Å². The second-order valence-electron chi connectivity index (χ2n) is 7.71. The fourth-order valence-electron chi connectivity index (χ4n) is 3.79. The van der Waals surface area contributed by atoms with E-state index in [4.69, 9.17) is 4.84 Å². The second-order valence-corrected chi connectivity index (χ2v) is 8.59. The fourth-order valence-corrected chi connectivity index (χ4v) is 4.20. The van der Waals surface area contributed by atoms with Gasteiger partial charge in [-0.3, -0.25) is 0 Å². The second kappa shape index (κ2) is 8.45. The molecule has 31 heavy (non-hydrogen) atoms. The average Bonchev–Trinajstić information content (AvgIpc) is 3.17. The third kappa shape index (κ3) is 4.81. The van der Waals surface area contributed by atoms with E-state index in [-0.39, 0.29) is 6.03 Å². The van der Waals surface area contributed by atoms with Gasteiger partial charge < -0.3 is 15.1 Å². The smallest absolute Gasteiger partial charge is 0.388 e. The summed E-state index contributed by atoms with van der Waals surface area (Å²) in [6.07, 6.45) is -0.629. The molecule has 2 heterocycles. The summed E-state index contributed by atoms with van der Waals surface area (Å²) in [6.45, 7) is 1.04. The number of likely N-dealkylation sites (tertiary alicyclic amines) is 1. The summed E-state index contributed by atoms with van der Waals surface area (Å²) >= 11 is 1.64. The zero-order valence-corrected chi connectivity index (χ0v) is 17.7. The minimum Gasteiger partial charge on any atom is -0.388 e. The lowest BCUT2D eigenvalue weighted by Gasteiger charge is -2.37. The lowest BCUT2D eigenvalue weighted by molar-refractivity contribution is -0.137. The minimum absolute atomic E-state index is 0.159. The van der Waals surface area contributed by atoms with E-state index in [1.54, 1.807) is 16.7 Å². The number of rotatable bonds is 3. The van der Waals surface area contributed by atoms with Crippen molar-refractivity contribution < 1.29 is 22.8 Å². The van der Waals surface area contributed by atoms with Crippen LogP contribution >= 0.6 is 11.8 Å². The number of oxime groups is 1. The molecule has 1 spiro atoms. The summed E-state index contributed by atoms with van der Waals surface area (Å²) in [7, 11) is 0. The molecule has 0 aromatic heterocycles. The summed E-state index contributed by atoms with van der Waals surface area (Å²) < 4.78 is 38.3. The Morgan fingerprint density at radius 1 is 1.10 bits per heavy atom. The predicted octanol–water partition coefficient (Wildman–Crippen LogP) is 5.62. The quantitative estimate of drug-likeness (QED) is 0.619. The van der Waals surface area contributed by atoms with Crippen molar-refractivity contribution in [3.05, 3.63) is 59.7 Å². The Morgan fingerprint density at radius 2 is 1.74 bits per heavy atom. The van der Waals surface area contributed by atoms with E-state index in [2.05, 4.69) is 10.5 Å². The number of nitrogens with zero attached hydrogens (tertiary/aromatic N) is 2. The number of alkyl halides is 3. The molecule has 1 N–H and O–H groups in total. The van der Waals surface area contributed by atoms with Crippen molar-refractivity contribution >= 4 is 29.2 Å². The molecule has 0 atom stereocenters. The Hall–Kier alpha value is -2.68. The molecule has 0 unspecified atom stereocenters. The fraction of sp³-hybridized carbons (Fsp3) is 0.364. The van der Waals surface area contributed by atoms with E-state index in [1.807, 2.05) is 30.5 Å². The highest BCUT2D eigenvalue weighted by atomic mass is 32.2. The van der Waals surface area contributed by atoms with E-state index in [9.17, 15) is 18.0 Å². The Kier molecular flexibility index (Phi) is 5.88.